The number of hydrogen-bond donors (Lipinski definition) is 0. The van der Waals surface area contributed by atoms with Crippen LogP contribution in [0.1, 0.15) is 22.8 Å². The van der Waals surface area contributed by atoms with Crippen LogP contribution in [0.2, 0.25) is 0 Å². The molecule has 1 aliphatic carbocycles. The van der Waals surface area contributed by atoms with Crippen LogP contribution < -0.4 is 4.90 Å². The van der Waals surface area contributed by atoms with Crippen LogP contribution >= 0.6 is 0 Å². The topological polar surface area (TPSA) is 16.4 Å². The lowest BCUT2D eigenvalue weighted by atomic mass is 9.78. The van der Waals surface area contributed by atoms with Gasteiger partial charge in [0.15, 0.2) is 0 Å². The molecule has 0 spiro atoms. The summed E-state index contributed by atoms with van der Waals surface area (Å²) in [6.07, 6.45) is 0.869. The second-order valence-corrected chi connectivity index (χ2v) is 12.5. The van der Waals surface area contributed by atoms with E-state index in [1.54, 1.807) is 0 Å². The zero-order valence-corrected chi connectivity index (χ0v) is 26.5. The van der Waals surface area contributed by atoms with E-state index in [2.05, 4.69) is 187 Å². The molecule has 9 rings (SSSR count). The van der Waals surface area contributed by atoms with Crippen LogP contribution in [0.5, 0.6) is 0 Å². The summed E-state index contributed by atoms with van der Waals surface area (Å²) in [5.41, 5.74) is 14.2. The molecule has 0 radical (unpaired) electrons. The Balaban J connectivity index is 1.21. The Morgan fingerprint density at radius 2 is 0.979 bits per heavy atom. The maximum atomic E-state index is 6.77. The van der Waals surface area contributed by atoms with Gasteiger partial charge in [0.1, 0.15) is 11.3 Å². The van der Waals surface area contributed by atoms with Gasteiger partial charge in [0.2, 0.25) is 0 Å². The summed E-state index contributed by atoms with van der Waals surface area (Å²) < 4.78 is 6.77. The number of hydrogen-bond acceptors (Lipinski definition) is 2. The van der Waals surface area contributed by atoms with Gasteiger partial charge in [-0.25, -0.2) is 0 Å². The predicted octanol–water partition coefficient (Wildman–Crippen LogP) is 12.6. The zero-order chi connectivity index (χ0) is 31.9. The van der Waals surface area contributed by atoms with Crippen molar-refractivity contribution in [2.45, 2.75) is 12.3 Å². The molecule has 2 nitrogen and oxygen atoms in total. The first-order valence-corrected chi connectivity index (χ1v) is 16.6. The first-order chi connectivity index (χ1) is 23.8. The van der Waals surface area contributed by atoms with Crippen molar-refractivity contribution in [1.82, 2.24) is 0 Å². The van der Waals surface area contributed by atoms with Crippen molar-refractivity contribution >= 4 is 28.0 Å². The largest absolute Gasteiger partial charge is 0.460 e. The van der Waals surface area contributed by atoms with Gasteiger partial charge in [-0.05, 0) is 81.8 Å². The fourth-order valence-corrected chi connectivity index (χ4v) is 7.37. The number of nitrogens with zero attached hydrogens (tertiary/aromatic N) is 1. The van der Waals surface area contributed by atoms with E-state index in [0.29, 0.717) is 0 Å². The van der Waals surface area contributed by atoms with Gasteiger partial charge in [-0.1, -0.05) is 146 Å². The molecule has 0 amide bonds. The van der Waals surface area contributed by atoms with Crippen molar-refractivity contribution in [3.63, 3.8) is 0 Å². The highest BCUT2D eigenvalue weighted by atomic mass is 16.3. The Labute approximate surface area is 281 Å². The average Bonchev–Trinajstić information content (AvgIpc) is 3.56. The van der Waals surface area contributed by atoms with E-state index >= 15 is 0 Å². The lowest BCUT2D eigenvalue weighted by molar-refractivity contribution is 0.515. The van der Waals surface area contributed by atoms with Gasteiger partial charge in [-0.2, -0.15) is 0 Å². The molecule has 0 aliphatic heterocycles. The molecule has 1 atom stereocenters. The molecule has 8 aromatic rings. The Morgan fingerprint density at radius 1 is 0.458 bits per heavy atom. The molecule has 0 N–H and O–H groups in total. The molecule has 0 fully saturated rings. The van der Waals surface area contributed by atoms with Gasteiger partial charge in [0.25, 0.3) is 0 Å². The van der Waals surface area contributed by atoms with E-state index in [-0.39, 0.29) is 5.92 Å². The zero-order valence-electron chi connectivity index (χ0n) is 26.5. The number of benzene rings is 7. The number of furan rings is 1. The normalized spacial score (nSPS) is 13.5. The molecule has 0 saturated carbocycles. The fraction of sp³-hybridized carbons (Fsp3) is 0.0435. The van der Waals surface area contributed by atoms with Gasteiger partial charge < -0.3 is 9.32 Å². The monoisotopic (exact) mass is 615 g/mol. The average molecular weight is 616 g/mol. The van der Waals surface area contributed by atoms with Crippen molar-refractivity contribution in [2.24, 2.45) is 0 Å². The van der Waals surface area contributed by atoms with Crippen molar-refractivity contribution < 1.29 is 4.42 Å². The predicted molar refractivity (Wildman–Crippen MR) is 199 cm³/mol. The molecule has 7 aromatic carbocycles. The molecule has 0 saturated heterocycles. The third kappa shape index (κ3) is 4.90. The summed E-state index contributed by atoms with van der Waals surface area (Å²) in [5, 5.41) is 1.17. The maximum Gasteiger partial charge on any atom is 0.134 e. The summed E-state index contributed by atoms with van der Waals surface area (Å²) in [5.74, 6) is 1.09. The molecule has 1 unspecified atom stereocenters. The van der Waals surface area contributed by atoms with Crippen molar-refractivity contribution in [3.8, 4) is 33.4 Å². The first-order valence-electron chi connectivity index (χ1n) is 16.6. The first kappa shape index (κ1) is 28.1. The van der Waals surface area contributed by atoms with E-state index in [9.17, 15) is 0 Å². The van der Waals surface area contributed by atoms with E-state index in [1.807, 2.05) is 0 Å². The minimum Gasteiger partial charge on any atom is -0.460 e. The second-order valence-electron chi connectivity index (χ2n) is 12.5. The number of para-hydroxylation sites is 2. The highest BCUT2D eigenvalue weighted by Crippen LogP contribution is 2.50. The van der Waals surface area contributed by atoms with Gasteiger partial charge in [0.05, 0.1) is 5.69 Å². The molecule has 1 aliphatic rings. The second kappa shape index (κ2) is 11.9. The van der Waals surface area contributed by atoms with Crippen molar-refractivity contribution in [2.75, 3.05) is 4.90 Å². The minimum absolute atomic E-state index is 0.0492. The third-order valence-electron chi connectivity index (χ3n) is 9.67. The smallest absolute Gasteiger partial charge is 0.134 e. The van der Waals surface area contributed by atoms with Crippen LogP contribution in [-0.4, -0.2) is 0 Å². The van der Waals surface area contributed by atoms with E-state index < -0.39 is 0 Å². The Morgan fingerprint density at radius 3 is 1.65 bits per heavy atom. The van der Waals surface area contributed by atoms with E-state index in [0.717, 1.165) is 34.8 Å². The molecule has 1 aromatic heterocycles. The van der Waals surface area contributed by atoms with Crippen molar-refractivity contribution in [3.05, 3.63) is 199 Å². The van der Waals surface area contributed by atoms with Gasteiger partial charge in [-0.3, -0.25) is 0 Å². The third-order valence-corrected chi connectivity index (χ3v) is 9.67. The molecule has 0 bridgehead atoms. The Bertz CT molecular complexity index is 2270. The van der Waals surface area contributed by atoms with Gasteiger partial charge in [0, 0.05) is 28.2 Å². The van der Waals surface area contributed by atoms with Crippen LogP contribution in [0.3, 0.4) is 0 Å². The van der Waals surface area contributed by atoms with E-state index in [4.69, 9.17) is 4.42 Å². The SMILES string of the molecule is c1ccc(-c2ccc(N(c3ccc(-c4ccccc4)cc3)c3ccccc3C3Cc4ccccc4-c4c3oc3ccccc43)cc2)cc1. The Kier molecular flexibility index (Phi) is 6.98. The number of fused-ring (bicyclic) bond motifs is 5. The molecule has 2 heteroatoms. The van der Waals surface area contributed by atoms with E-state index in [1.165, 1.54) is 49.9 Å². The summed E-state index contributed by atoms with van der Waals surface area (Å²) in [6, 6.07) is 65.2. The molecule has 48 heavy (non-hydrogen) atoms. The minimum atomic E-state index is 0.0492. The quantitative estimate of drug-likeness (QED) is 0.185. The lowest BCUT2D eigenvalue weighted by Crippen LogP contribution is -2.17. The summed E-state index contributed by atoms with van der Waals surface area (Å²) >= 11 is 0. The summed E-state index contributed by atoms with van der Waals surface area (Å²) in [4.78, 5) is 2.40. The highest BCUT2D eigenvalue weighted by Gasteiger charge is 2.33. The fourth-order valence-electron chi connectivity index (χ4n) is 7.37. The maximum absolute atomic E-state index is 6.77. The molecular weight excluding hydrogens is 583 g/mol. The van der Waals surface area contributed by atoms with Crippen LogP contribution in [0.25, 0.3) is 44.3 Å². The molecular formula is C46H33NO. The number of rotatable bonds is 6. The van der Waals surface area contributed by atoms with Crippen molar-refractivity contribution in [1.29, 1.82) is 0 Å². The Hall–Kier alpha value is -6.12. The number of anilines is 3. The lowest BCUT2D eigenvalue weighted by Gasteiger charge is -2.32. The van der Waals surface area contributed by atoms with Crippen LogP contribution in [0.4, 0.5) is 17.1 Å². The highest BCUT2D eigenvalue weighted by molar-refractivity contribution is 5.98. The van der Waals surface area contributed by atoms with Gasteiger partial charge in [-0.15, -0.1) is 0 Å². The standard InChI is InChI=1S/C46H33NO/c1-3-13-32(14-4-1)34-23-27-37(28-24-34)47(38-29-25-35(26-30-38)33-15-5-2-6-16-33)43-21-11-9-19-40(43)42-31-36-17-7-8-18-39(36)45-41-20-10-12-22-44(41)48-46(42)45/h1-30,42H,31H2. The molecule has 228 valence electrons. The van der Waals surface area contributed by atoms with Gasteiger partial charge >= 0.3 is 0 Å². The van der Waals surface area contributed by atoms with Crippen LogP contribution in [0, 0.1) is 0 Å². The van der Waals surface area contributed by atoms with Crippen LogP contribution in [0.15, 0.2) is 186 Å². The van der Waals surface area contributed by atoms with Crippen LogP contribution in [-0.2, 0) is 6.42 Å². The summed E-state index contributed by atoms with van der Waals surface area (Å²) in [6.45, 7) is 0. The molecule has 1 heterocycles. The summed E-state index contributed by atoms with van der Waals surface area (Å²) in [7, 11) is 0.